The molecule has 0 aromatic heterocycles. The zero-order valence-electron chi connectivity index (χ0n) is 11.4. The summed E-state index contributed by atoms with van der Waals surface area (Å²) in [7, 11) is 0. The van der Waals surface area contributed by atoms with Crippen LogP contribution in [0, 0.1) is 10.1 Å². The highest BCUT2D eigenvalue weighted by atomic mass is 16.6. The summed E-state index contributed by atoms with van der Waals surface area (Å²) in [5.74, 6) is 0.159. The Morgan fingerprint density at radius 3 is 2.70 bits per heavy atom. The van der Waals surface area contributed by atoms with Gasteiger partial charge in [-0.3, -0.25) is 14.9 Å². The van der Waals surface area contributed by atoms with E-state index in [4.69, 9.17) is 0 Å². The van der Waals surface area contributed by atoms with Gasteiger partial charge in [0.15, 0.2) is 0 Å². The average Bonchev–Trinajstić information content (AvgIpc) is 2.74. The third-order valence-corrected chi connectivity index (χ3v) is 3.47. The Kier molecular flexibility index (Phi) is 5.06. The summed E-state index contributed by atoms with van der Waals surface area (Å²) in [6.45, 7) is 3.39. The van der Waals surface area contributed by atoms with Crippen LogP contribution in [0.3, 0.4) is 0 Å². The van der Waals surface area contributed by atoms with E-state index in [9.17, 15) is 14.9 Å². The van der Waals surface area contributed by atoms with Crippen molar-refractivity contribution in [1.29, 1.82) is 0 Å². The largest absolute Gasteiger partial charge is 0.341 e. The molecule has 2 rings (SSSR count). The van der Waals surface area contributed by atoms with Gasteiger partial charge in [-0.15, -0.1) is 0 Å². The third-order valence-electron chi connectivity index (χ3n) is 3.47. The summed E-state index contributed by atoms with van der Waals surface area (Å²) in [4.78, 5) is 24.1. The average molecular weight is 277 g/mol. The van der Waals surface area contributed by atoms with Crippen molar-refractivity contribution in [1.82, 2.24) is 10.2 Å². The van der Waals surface area contributed by atoms with Crippen LogP contribution in [0.1, 0.15) is 18.4 Å². The molecule has 1 aromatic rings. The smallest absolute Gasteiger partial charge is 0.269 e. The number of rotatable bonds is 4. The number of hydrogen-bond donors (Lipinski definition) is 1. The molecule has 0 atom stereocenters. The molecule has 1 aliphatic rings. The number of carbonyl (C=O) groups is 1. The third kappa shape index (κ3) is 4.03. The van der Waals surface area contributed by atoms with Gasteiger partial charge in [-0.05, 0) is 24.9 Å². The number of aryl methyl sites for hydroxylation is 1. The maximum atomic E-state index is 12.1. The lowest BCUT2D eigenvalue weighted by Gasteiger charge is -2.19. The van der Waals surface area contributed by atoms with Crippen molar-refractivity contribution < 1.29 is 9.72 Å². The maximum absolute atomic E-state index is 12.1. The van der Waals surface area contributed by atoms with Crippen LogP contribution in [0.15, 0.2) is 24.3 Å². The molecule has 0 saturated carbocycles. The normalized spacial score (nSPS) is 15.7. The lowest BCUT2D eigenvalue weighted by molar-refractivity contribution is -0.384. The van der Waals surface area contributed by atoms with Crippen molar-refractivity contribution in [3.05, 3.63) is 39.9 Å². The fourth-order valence-electron chi connectivity index (χ4n) is 2.29. The van der Waals surface area contributed by atoms with E-state index in [1.54, 1.807) is 12.1 Å². The summed E-state index contributed by atoms with van der Waals surface area (Å²) in [5, 5.41) is 13.8. The molecule has 1 amide bonds. The number of amides is 1. The summed E-state index contributed by atoms with van der Waals surface area (Å²) >= 11 is 0. The monoisotopic (exact) mass is 277 g/mol. The molecular formula is C14H19N3O3. The number of nitrogens with one attached hydrogen (secondary N) is 1. The molecule has 0 bridgehead atoms. The Hall–Kier alpha value is -1.95. The molecule has 0 aliphatic carbocycles. The fourth-order valence-corrected chi connectivity index (χ4v) is 2.29. The minimum absolute atomic E-state index is 0.0821. The van der Waals surface area contributed by atoms with E-state index in [-0.39, 0.29) is 11.6 Å². The molecule has 1 aromatic carbocycles. The first-order valence-electron chi connectivity index (χ1n) is 6.88. The predicted molar refractivity (Wildman–Crippen MR) is 75.5 cm³/mol. The van der Waals surface area contributed by atoms with Crippen molar-refractivity contribution >= 4 is 11.6 Å². The second kappa shape index (κ2) is 7.00. The molecule has 1 aliphatic heterocycles. The minimum atomic E-state index is -0.417. The van der Waals surface area contributed by atoms with Crippen molar-refractivity contribution in [3.8, 4) is 0 Å². The SMILES string of the molecule is O=C(CCc1ccc([N+](=O)[O-])cc1)N1CCCNCC1. The van der Waals surface area contributed by atoms with Crippen LogP contribution >= 0.6 is 0 Å². The zero-order valence-corrected chi connectivity index (χ0v) is 11.4. The Balaban J connectivity index is 1.84. The van der Waals surface area contributed by atoms with E-state index in [1.165, 1.54) is 12.1 Å². The first-order chi connectivity index (χ1) is 9.66. The molecule has 6 nitrogen and oxygen atoms in total. The molecule has 108 valence electrons. The van der Waals surface area contributed by atoms with E-state index in [0.717, 1.165) is 38.2 Å². The lowest BCUT2D eigenvalue weighted by Crippen LogP contribution is -2.34. The van der Waals surface area contributed by atoms with Crippen molar-refractivity contribution in [3.63, 3.8) is 0 Å². The van der Waals surface area contributed by atoms with Crippen LogP contribution in [0.5, 0.6) is 0 Å². The van der Waals surface area contributed by atoms with Crippen molar-refractivity contribution in [2.45, 2.75) is 19.3 Å². The van der Waals surface area contributed by atoms with Gasteiger partial charge in [0.25, 0.3) is 5.69 Å². The van der Waals surface area contributed by atoms with Crippen LogP contribution in [-0.2, 0) is 11.2 Å². The topological polar surface area (TPSA) is 75.5 Å². The van der Waals surface area contributed by atoms with Gasteiger partial charge in [-0.2, -0.15) is 0 Å². The predicted octanol–water partition coefficient (Wildman–Crippen LogP) is 1.35. The Bertz CT molecular complexity index is 465. The van der Waals surface area contributed by atoms with Crippen LogP contribution < -0.4 is 5.32 Å². The van der Waals surface area contributed by atoms with E-state index >= 15 is 0 Å². The summed E-state index contributed by atoms with van der Waals surface area (Å²) in [6, 6.07) is 6.40. The van der Waals surface area contributed by atoms with Gasteiger partial charge in [0, 0.05) is 38.2 Å². The van der Waals surface area contributed by atoms with Gasteiger partial charge >= 0.3 is 0 Å². The zero-order chi connectivity index (χ0) is 14.4. The van der Waals surface area contributed by atoms with Crippen LogP contribution in [0.25, 0.3) is 0 Å². The molecule has 6 heteroatoms. The highest BCUT2D eigenvalue weighted by Gasteiger charge is 2.15. The molecular weight excluding hydrogens is 258 g/mol. The number of nitrogens with zero attached hydrogens (tertiary/aromatic N) is 2. The number of benzene rings is 1. The Morgan fingerprint density at radius 2 is 2.00 bits per heavy atom. The van der Waals surface area contributed by atoms with Gasteiger partial charge < -0.3 is 10.2 Å². The number of carbonyl (C=O) groups excluding carboxylic acids is 1. The van der Waals surface area contributed by atoms with Gasteiger partial charge in [0.2, 0.25) is 5.91 Å². The highest BCUT2D eigenvalue weighted by Crippen LogP contribution is 2.13. The number of nitro groups is 1. The van der Waals surface area contributed by atoms with Crippen molar-refractivity contribution in [2.75, 3.05) is 26.2 Å². The molecule has 0 unspecified atom stereocenters. The fraction of sp³-hybridized carbons (Fsp3) is 0.500. The second-order valence-corrected chi connectivity index (χ2v) is 4.91. The molecule has 0 radical (unpaired) electrons. The maximum Gasteiger partial charge on any atom is 0.269 e. The number of non-ortho nitro benzene ring substituents is 1. The van der Waals surface area contributed by atoms with E-state index < -0.39 is 4.92 Å². The quantitative estimate of drug-likeness (QED) is 0.666. The van der Waals surface area contributed by atoms with Crippen LogP contribution in [-0.4, -0.2) is 41.9 Å². The highest BCUT2D eigenvalue weighted by molar-refractivity contribution is 5.76. The van der Waals surface area contributed by atoms with Crippen LogP contribution in [0.2, 0.25) is 0 Å². The summed E-state index contributed by atoms with van der Waals surface area (Å²) < 4.78 is 0. The minimum Gasteiger partial charge on any atom is -0.341 e. The lowest BCUT2D eigenvalue weighted by atomic mass is 10.1. The van der Waals surface area contributed by atoms with E-state index in [2.05, 4.69) is 5.32 Å². The number of nitro benzene ring substituents is 1. The second-order valence-electron chi connectivity index (χ2n) is 4.91. The van der Waals surface area contributed by atoms with Gasteiger partial charge in [-0.1, -0.05) is 12.1 Å². The molecule has 1 heterocycles. The van der Waals surface area contributed by atoms with E-state index in [0.29, 0.717) is 12.8 Å². The summed E-state index contributed by atoms with van der Waals surface area (Å²) in [5.41, 5.74) is 1.04. The Labute approximate surface area is 117 Å². The molecule has 1 saturated heterocycles. The Morgan fingerprint density at radius 1 is 1.25 bits per heavy atom. The molecule has 20 heavy (non-hydrogen) atoms. The van der Waals surface area contributed by atoms with Gasteiger partial charge in [-0.25, -0.2) is 0 Å². The summed E-state index contributed by atoms with van der Waals surface area (Å²) in [6.07, 6.45) is 2.07. The molecule has 0 spiro atoms. The first-order valence-corrected chi connectivity index (χ1v) is 6.88. The van der Waals surface area contributed by atoms with E-state index in [1.807, 2.05) is 4.90 Å². The molecule has 1 fully saturated rings. The molecule has 1 N–H and O–H groups in total. The van der Waals surface area contributed by atoms with Gasteiger partial charge in [0.05, 0.1) is 4.92 Å². The van der Waals surface area contributed by atoms with Crippen LogP contribution in [0.4, 0.5) is 5.69 Å². The van der Waals surface area contributed by atoms with Crippen molar-refractivity contribution in [2.24, 2.45) is 0 Å². The van der Waals surface area contributed by atoms with Gasteiger partial charge in [0.1, 0.15) is 0 Å². The standard InChI is InChI=1S/C14H19N3O3/c18-14(16-10-1-8-15-9-11-16)7-4-12-2-5-13(6-3-12)17(19)20/h2-3,5-6,15H,1,4,7-11H2. The first kappa shape index (κ1) is 14.5. The number of hydrogen-bond acceptors (Lipinski definition) is 4.